The van der Waals surface area contributed by atoms with E-state index in [0.29, 0.717) is 0 Å². The van der Waals surface area contributed by atoms with Crippen LogP contribution in [-0.4, -0.2) is 29.9 Å². The fourth-order valence-electron chi connectivity index (χ4n) is 1.76. The van der Waals surface area contributed by atoms with Crippen molar-refractivity contribution in [2.45, 2.75) is 45.6 Å². The van der Waals surface area contributed by atoms with Gasteiger partial charge in [0.2, 0.25) is 0 Å². The van der Waals surface area contributed by atoms with Crippen LogP contribution in [0.5, 0.6) is 0 Å². The molecule has 78 valence electrons. The fraction of sp³-hybridized carbons (Fsp3) is 1.00. The first-order valence-electron chi connectivity index (χ1n) is 5.58. The van der Waals surface area contributed by atoms with Crippen LogP contribution in [0.4, 0.5) is 0 Å². The van der Waals surface area contributed by atoms with E-state index < -0.39 is 0 Å². The highest BCUT2D eigenvalue weighted by Crippen LogP contribution is 2.27. The summed E-state index contributed by atoms with van der Waals surface area (Å²) < 4.78 is 0. The summed E-state index contributed by atoms with van der Waals surface area (Å²) in [5.41, 5.74) is 0. The second-order valence-corrected chi connectivity index (χ2v) is 4.61. The minimum absolute atomic E-state index is 0.797. The van der Waals surface area contributed by atoms with Crippen molar-refractivity contribution in [1.82, 2.24) is 4.90 Å². The van der Waals surface area contributed by atoms with Crippen LogP contribution in [0.2, 0.25) is 0 Å². The van der Waals surface area contributed by atoms with E-state index in [1.807, 2.05) is 0 Å². The topological polar surface area (TPSA) is 3.24 Å². The average Bonchev–Trinajstić information content (AvgIpc) is 2.90. The van der Waals surface area contributed by atoms with Gasteiger partial charge in [0.1, 0.15) is 0 Å². The summed E-state index contributed by atoms with van der Waals surface area (Å²) in [6, 6.07) is 0.924. The van der Waals surface area contributed by atoms with Gasteiger partial charge in [-0.2, -0.15) is 0 Å². The maximum atomic E-state index is 5.71. The molecule has 1 saturated carbocycles. The van der Waals surface area contributed by atoms with Crippen LogP contribution in [-0.2, 0) is 0 Å². The summed E-state index contributed by atoms with van der Waals surface area (Å²) in [5, 5.41) is 0. The second kappa shape index (κ2) is 5.87. The molecule has 0 aromatic heterocycles. The van der Waals surface area contributed by atoms with E-state index in [9.17, 15) is 0 Å². The van der Waals surface area contributed by atoms with Crippen LogP contribution in [0, 0.1) is 5.92 Å². The minimum atomic E-state index is 0.797. The Morgan fingerprint density at radius 3 is 2.54 bits per heavy atom. The second-order valence-electron chi connectivity index (χ2n) is 4.23. The van der Waals surface area contributed by atoms with Gasteiger partial charge in [-0.05, 0) is 44.7 Å². The molecule has 0 amide bonds. The van der Waals surface area contributed by atoms with Crippen molar-refractivity contribution >= 4 is 11.6 Å². The highest BCUT2D eigenvalue weighted by atomic mass is 35.5. The molecular weight excluding hydrogens is 182 g/mol. The monoisotopic (exact) mass is 203 g/mol. The largest absolute Gasteiger partial charge is 0.301 e. The fourth-order valence-corrected chi connectivity index (χ4v) is 2.13. The van der Waals surface area contributed by atoms with Crippen molar-refractivity contribution in [1.29, 1.82) is 0 Å². The van der Waals surface area contributed by atoms with Crippen LogP contribution >= 0.6 is 11.6 Å². The number of hydrogen-bond donors (Lipinski definition) is 0. The first-order chi connectivity index (χ1) is 6.27. The Morgan fingerprint density at radius 2 is 2.08 bits per heavy atom. The zero-order valence-corrected chi connectivity index (χ0v) is 9.69. The van der Waals surface area contributed by atoms with Gasteiger partial charge in [-0.3, -0.25) is 0 Å². The Labute approximate surface area is 87.4 Å². The predicted molar refractivity (Wildman–Crippen MR) is 59.4 cm³/mol. The van der Waals surface area contributed by atoms with Crippen molar-refractivity contribution in [3.63, 3.8) is 0 Å². The number of hydrogen-bond acceptors (Lipinski definition) is 1. The maximum Gasteiger partial charge on any atom is 0.0225 e. The zero-order valence-electron chi connectivity index (χ0n) is 8.93. The molecule has 1 aliphatic rings. The molecule has 0 heterocycles. The summed E-state index contributed by atoms with van der Waals surface area (Å²) in [6.07, 6.45) is 5.34. The number of alkyl halides is 1. The molecule has 1 unspecified atom stereocenters. The first kappa shape index (κ1) is 11.3. The third kappa shape index (κ3) is 4.33. The molecule has 0 bridgehead atoms. The lowest BCUT2D eigenvalue weighted by Gasteiger charge is -2.21. The minimum Gasteiger partial charge on any atom is -0.301 e. The highest BCUT2D eigenvalue weighted by Gasteiger charge is 2.27. The molecule has 0 N–H and O–H groups in total. The molecule has 13 heavy (non-hydrogen) atoms. The van der Waals surface area contributed by atoms with Gasteiger partial charge in [0.25, 0.3) is 0 Å². The Kier molecular flexibility index (Phi) is 5.12. The quantitative estimate of drug-likeness (QED) is 0.575. The summed E-state index contributed by atoms with van der Waals surface area (Å²) in [4.78, 5) is 2.62. The molecular formula is C11H22ClN. The first-order valence-corrected chi connectivity index (χ1v) is 6.11. The summed E-state index contributed by atoms with van der Waals surface area (Å²) in [7, 11) is 0. The zero-order chi connectivity index (χ0) is 9.68. The SMILES string of the molecule is CCN(CCC(C)CCCl)C1CC1. The van der Waals surface area contributed by atoms with Gasteiger partial charge in [0, 0.05) is 11.9 Å². The molecule has 0 saturated heterocycles. The van der Waals surface area contributed by atoms with Gasteiger partial charge in [-0.1, -0.05) is 13.8 Å². The van der Waals surface area contributed by atoms with Gasteiger partial charge >= 0.3 is 0 Å². The molecule has 0 spiro atoms. The van der Waals surface area contributed by atoms with Crippen molar-refractivity contribution in [3.8, 4) is 0 Å². The summed E-state index contributed by atoms with van der Waals surface area (Å²) in [5.74, 6) is 1.61. The normalized spacial score (nSPS) is 19.4. The van der Waals surface area contributed by atoms with Crippen LogP contribution in [0.15, 0.2) is 0 Å². The van der Waals surface area contributed by atoms with E-state index >= 15 is 0 Å². The maximum absolute atomic E-state index is 5.71. The van der Waals surface area contributed by atoms with E-state index in [4.69, 9.17) is 11.6 Å². The van der Waals surface area contributed by atoms with Crippen LogP contribution in [0.3, 0.4) is 0 Å². The van der Waals surface area contributed by atoms with Gasteiger partial charge in [0.15, 0.2) is 0 Å². The Bertz CT molecular complexity index is 134. The summed E-state index contributed by atoms with van der Waals surface area (Å²) >= 11 is 5.71. The third-order valence-electron chi connectivity index (χ3n) is 2.98. The standard InChI is InChI=1S/C11H22ClN/c1-3-13(11-4-5-11)9-7-10(2)6-8-12/h10-11H,3-9H2,1-2H3. The van der Waals surface area contributed by atoms with Crippen molar-refractivity contribution in [2.75, 3.05) is 19.0 Å². The Hall–Kier alpha value is 0.250. The van der Waals surface area contributed by atoms with E-state index in [0.717, 1.165) is 17.8 Å². The third-order valence-corrected chi connectivity index (χ3v) is 3.20. The molecule has 1 fully saturated rings. The Morgan fingerprint density at radius 1 is 1.38 bits per heavy atom. The van der Waals surface area contributed by atoms with E-state index in [1.54, 1.807) is 0 Å². The molecule has 0 aromatic rings. The number of nitrogens with zero attached hydrogens (tertiary/aromatic N) is 1. The summed E-state index contributed by atoms with van der Waals surface area (Å²) in [6.45, 7) is 7.07. The number of halogens is 1. The molecule has 1 atom stereocenters. The van der Waals surface area contributed by atoms with Gasteiger partial charge in [-0.25, -0.2) is 0 Å². The molecule has 0 aromatic carbocycles. The van der Waals surface area contributed by atoms with Crippen molar-refractivity contribution in [2.24, 2.45) is 5.92 Å². The molecule has 0 radical (unpaired) electrons. The molecule has 1 aliphatic carbocycles. The molecule has 1 nitrogen and oxygen atoms in total. The highest BCUT2D eigenvalue weighted by molar-refractivity contribution is 6.17. The smallest absolute Gasteiger partial charge is 0.0225 e. The van der Waals surface area contributed by atoms with Crippen LogP contribution in [0.25, 0.3) is 0 Å². The molecule has 2 heteroatoms. The molecule has 0 aliphatic heterocycles. The lowest BCUT2D eigenvalue weighted by molar-refractivity contribution is 0.256. The van der Waals surface area contributed by atoms with Crippen LogP contribution < -0.4 is 0 Å². The lowest BCUT2D eigenvalue weighted by atomic mass is 10.1. The van der Waals surface area contributed by atoms with Gasteiger partial charge in [-0.15, -0.1) is 11.6 Å². The van der Waals surface area contributed by atoms with E-state index in [1.165, 1.54) is 38.8 Å². The van der Waals surface area contributed by atoms with Crippen LogP contribution in [0.1, 0.15) is 39.5 Å². The Balaban J connectivity index is 2.07. The average molecular weight is 204 g/mol. The van der Waals surface area contributed by atoms with Crippen molar-refractivity contribution in [3.05, 3.63) is 0 Å². The van der Waals surface area contributed by atoms with Gasteiger partial charge in [0.05, 0.1) is 0 Å². The van der Waals surface area contributed by atoms with E-state index in [2.05, 4.69) is 18.7 Å². The van der Waals surface area contributed by atoms with Crippen molar-refractivity contribution < 1.29 is 0 Å². The predicted octanol–water partition coefficient (Wildman–Crippen LogP) is 3.13. The lowest BCUT2D eigenvalue weighted by Crippen LogP contribution is -2.27. The van der Waals surface area contributed by atoms with Gasteiger partial charge < -0.3 is 4.90 Å². The molecule has 1 rings (SSSR count). The number of rotatable bonds is 7. The van der Waals surface area contributed by atoms with E-state index in [-0.39, 0.29) is 0 Å².